The molecule has 0 fully saturated rings. The summed E-state index contributed by atoms with van der Waals surface area (Å²) in [6.45, 7) is 0. The normalized spacial score (nSPS) is 11.7. The van der Waals surface area contributed by atoms with Gasteiger partial charge in [-0.25, -0.2) is 0 Å². The van der Waals surface area contributed by atoms with Crippen LogP contribution in [0.5, 0.6) is 0 Å². The van der Waals surface area contributed by atoms with Crippen molar-refractivity contribution in [3.05, 3.63) is 200 Å². The van der Waals surface area contributed by atoms with Crippen LogP contribution in [-0.4, -0.2) is 0 Å². The summed E-state index contributed by atoms with van der Waals surface area (Å²) in [5, 5.41) is 12.8. The van der Waals surface area contributed by atoms with E-state index in [2.05, 4.69) is 205 Å². The Balaban J connectivity index is 1.05. The highest BCUT2D eigenvalue weighted by atomic mass is 32.1. The third kappa shape index (κ3) is 5.07. The van der Waals surface area contributed by atoms with E-state index in [0.717, 1.165) is 17.1 Å². The molecule has 11 aromatic rings. The third-order valence-electron chi connectivity index (χ3n) is 11.0. The lowest BCUT2D eigenvalue weighted by Gasteiger charge is -2.26. The van der Waals surface area contributed by atoms with Crippen molar-refractivity contribution in [2.24, 2.45) is 0 Å². The van der Waals surface area contributed by atoms with Crippen LogP contribution in [0.15, 0.2) is 200 Å². The molecule has 0 aliphatic rings. The van der Waals surface area contributed by atoms with Crippen molar-refractivity contribution in [1.82, 2.24) is 0 Å². The molecule has 0 bridgehead atoms. The molecule has 0 unspecified atom stereocenters. The fraction of sp³-hybridized carbons (Fsp3) is 0. The minimum Gasteiger partial charge on any atom is -0.310 e. The molecule has 252 valence electrons. The number of thiophene rings is 1. The Morgan fingerprint density at radius 2 is 0.870 bits per heavy atom. The van der Waals surface area contributed by atoms with Gasteiger partial charge in [0.15, 0.2) is 0 Å². The van der Waals surface area contributed by atoms with Crippen molar-refractivity contribution >= 4 is 91.7 Å². The number of nitrogens with zero attached hydrogens (tertiary/aromatic N) is 1. The van der Waals surface area contributed by atoms with Gasteiger partial charge in [0, 0.05) is 37.2 Å². The van der Waals surface area contributed by atoms with Gasteiger partial charge in [-0.15, -0.1) is 11.3 Å². The summed E-state index contributed by atoms with van der Waals surface area (Å²) in [6, 6.07) is 73.5. The van der Waals surface area contributed by atoms with Crippen LogP contribution in [0.3, 0.4) is 0 Å². The molecule has 54 heavy (non-hydrogen) atoms. The van der Waals surface area contributed by atoms with E-state index in [0.29, 0.717) is 0 Å². The molecule has 11 rings (SSSR count). The van der Waals surface area contributed by atoms with Crippen molar-refractivity contribution in [2.75, 3.05) is 4.90 Å². The molecule has 2 heteroatoms. The number of hydrogen-bond acceptors (Lipinski definition) is 2. The Bertz CT molecular complexity index is 3210. The maximum atomic E-state index is 2.40. The summed E-state index contributed by atoms with van der Waals surface area (Å²) in [4.78, 5) is 2.40. The summed E-state index contributed by atoms with van der Waals surface area (Å²) in [7, 11) is 0. The highest BCUT2D eigenvalue weighted by Crippen LogP contribution is 2.44. The van der Waals surface area contributed by atoms with Crippen molar-refractivity contribution < 1.29 is 0 Å². The van der Waals surface area contributed by atoms with Gasteiger partial charge in [-0.1, -0.05) is 152 Å². The van der Waals surface area contributed by atoms with Gasteiger partial charge in [0.05, 0.1) is 0 Å². The molecule has 1 nitrogen and oxygen atoms in total. The standard InChI is InChI=1S/C52H33NS/c1-2-10-34(11-3-1)35-20-24-41(25-21-35)53(43-27-29-48-49-28-23-36-12-4-7-15-45(36)52(49)54-51(48)33-43)42-26-22-37-30-40(19-18-38(37)31-42)50-32-39-13-5-6-14-44(39)46-16-8-9-17-47(46)50/h1-33H. The van der Waals surface area contributed by atoms with E-state index in [9.17, 15) is 0 Å². The maximum Gasteiger partial charge on any atom is 0.0476 e. The Morgan fingerprint density at radius 3 is 1.72 bits per heavy atom. The van der Waals surface area contributed by atoms with Gasteiger partial charge >= 0.3 is 0 Å². The summed E-state index contributed by atoms with van der Waals surface area (Å²) in [5.41, 5.74) is 8.31. The molecular weight excluding hydrogens is 671 g/mol. The van der Waals surface area contributed by atoms with Crippen LogP contribution in [0.1, 0.15) is 0 Å². The Hall–Kier alpha value is -6.74. The zero-order valence-corrected chi connectivity index (χ0v) is 30.2. The quantitative estimate of drug-likeness (QED) is 0.161. The largest absolute Gasteiger partial charge is 0.310 e. The van der Waals surface area contributed by atoms with Gasteiger partial charge in [0.1, 0.15) is 0 Å². The minimum absolute atomic E-state index is 1.12. The topological polar surface area (TPSA) is 3.24 Å². The fourth-order valence-corrected chi connectivity index (χ4v) is 9.62. The maximum absolute atomic E-state index is 2.40. The molecule has 0 aliphatic heterocycles. The first kappa shape index (κ1) is 30.8. The molecule has 0 aliphatic carbocycles. The molecule has 1 aromatic heterocycles. The van der Waals surface area contributed by atoms with E-state index in [1.165, 1.54) is 85.5 Å². The van der Waals surface area contributed by atoms with Gasteiger partial charge in [-0.3, -0.25) is 0 Å². The number of hydrogen-bond donors (Lipinski definition) is 0. The van der Waals surface area contributed by atoms with E-state index in [-0.39, 0.29) is 0 Å². The first-order valence-corrected chi connectivity index (χ1v) is 19.3. The van der Waals surface area contributed by atoms with Crippen LogP contribution >= 0.6 is 11.3 Å². The second kappa shape index (κ2) is 12.4. The van der Waals surface area contributed by atoms with Gasteiger partial charge in [-0.05, 0) is 114 Å². The van der Waals surface area contributed by atoms with E-state index in [4.69, 9.17) is 0 Å². The molecule has 0 saturated carbocycles. The van der Waals surface area contributed by atoms with Crippen LogP contribution in [0.2, 0.25) is 0 Å². The minimum atomic E-state index is 1.12. The van der Waals surface area contributed by atoms with Crippen molar-refractivity contribution in [1.29, 1.82) is 0 Å². The number of anilines is 3. The van der Waals surface area contributed by atoms with E-state index < -0.39 is 0 Å². The Labute approximate surface area is 317 Å². The lowest BCUT2D eigenvalue weighted by Crippen LogP contribution is -2.09. The molecule has 0 radical (unpaired) electrons. The van der Waals surface area contributed by atoms with Gasteiger partial charge in [0.25, 0.3) is 0 Å². The van der Waals surface area contributed by atoms with Crippen molar-refractivity contribution in [3.63, 3.8) is 0 Å². The lowest BCUT2D eigenvalue weighted by atomic mass is 9.92. The highest BCUT2D eigenvalue weighted by molar-refractivity contribution is 7.26. The predicted molar refractivity (Wildman–Crippen MR) is 235 cm³/mol. The SMILES string of the molecule is c1ccc(-c2ccc(N(c3ccc4cc(-c5cc6ccccc6c6ccccc56)ccc4c3)c3ccc4c(c3)sc3c5ccccc5ccc43)cc2)cc1. The second-order valence-electron chi connectivity index (χ2n) is 14.1. The van der Waals surface area contributed by atoms with Crippen molar-refractivity contribution in [2.45, 2.75) is 0 Å². The molecule has 1 heterocycles. The lowest BCUT2D eigenvalue weighted by molar-refractivity contribution is 1.30. The van der Waals surface area contributed by atoms with Crippen molar-refractivity contribution in [3.8, 4) is 22.3 Å². The predicted octanol–water partition coefficient (Wildman–Crippen LogP) is 15.5. The first-order valence-electron chi connectivity index (χ1n) is 18.5. The summed E-state index contributed by atoms with van der Waals surface area (Å²) < 4.78 is 2.64. The van der Waals surface area contributed by atoms with Crippen LogP contribution < -0.4 is 4.90 Å². The molecule has 0 atom stereocenters. The van der Waals surface area contributed by atoms with Crippen LogP contribution in [0.4, 0.5) is 17.1 Å². The molecule has 0 saturated heterocycles. The molecule has 0 amide bonds. The van der Waals surface area contributed by atoms with Crippen LogP contribution in [0, 0.1) is 0 Å². The van der Waals surface area contributed by atoms with Gasteiger partial charge < -0.3 is 4.90 Å². The number of fused-ring (bicyclic) bond motifs is 9. The average molecular weight is 704 g/mol. The third-order valence-corrected chi connectivity index (χ3v) is 12.2. The highest BCUT2D eigenvalue weighted by Gasteiger charge is 2.17. The zero-order valence-electron chi connectivity index (χ0n) is 29.4. The zero-order chi connectivity index (χ0) is 35.6. The Kier molecular flexibility index (Phi) is 7.11. The summed E-state index contributed by atoms with van der Waals surface area (Å²) in [6.07, 6.45) is 0. The van der Waals surface area contributed by atoms with Gasteiger partial charge in [0.2, 0.25) is 0 Å². The summed E-state index contributed by atoms with van der Waals surface area (Å²) >= 11 is 1.89. The molecule has 0 spiro atoms. The average Bonchev–Trinajstić information content (AvgIpc) is 3.62. The monoisotopic (exact) mass is 703 g/mol. The molecule has 0 N–H and O–H groups in total. The smallest absolute Gasteiger partial charge is 0.0476 e. The fourth-order valence-electron chi connectivity index (χ4n) is 8.35. The second-order valence-corrected chi connectivity index (χ2v) is 15.2. The molecular formula is C52H33NS. The molecule has 10 aromatic carbocycles. The van der Waals surface area contributed by atoms with E-state index in [1.54, 1.807) is 0 Å². The Morgan fingerprint density at radius 1 is 0.296 bits per heavy atom. The summed E-state index contributed by atoms with van der Waals surface area (Å²) in [5.74, 6) is 0. The number of rotatable bonds is 5. The van der Waals surface area contributed by atoms with E-state index in [1.807, 2.05) is 11.3 Å². The van der Waals surface area contributed by atoms with Crippen LogP contribution in [-0.2, 0) is 0 Å². The van der Waals surface area contributed by atoms with Crippen LogP contribution in [0.25, 0.3) is 85.5 Å². The van der Waals surface area contributed by atoms with E-state index >= 15 is 0 Å². The van der Waals surface area contributed by atoms with Gasteiger partial charge in [-0.2, -0.15) is 0 Å². The number of benzene rings is 10. The first-order chi connectivity index (χ1) is 26.7.